The number of nitrogens with one attached hydrogen (secondary N) is 2. The zero-order valence-corrected chi connectivity index (χ0v) is 27.9. The number of rotatable bonds is 16. The second-order valence-corrected chi connectivity index (χ2v) is 12.2. The molecule has 0 aromatic heterocycles. The molecule has 2 rings (SSSR count). The van der Waals surface area contributed by atoms with E-state index in [2.05, 4.69) is 17.6 Å². The molecule has 0 bridgehead atoms. The van der Waals surface area contributed by atoms with Gasteiger partial charge in [0.25, 0.3) is 0 Å². The van der Waals surface area contributed by atoms with E-state index in [0.29, 0.717) is 17.5 Å². The Morgan fingerprint density at radius 3 is 2.16 bits per heavy atom. The minimum atomic E-state index is -1.07. The molecule has 2 atom stereocenters. The van der Waals surface area contributed by atoms with E-state index in [1.54, 1.807) is 44.7 Å². The van der Waals surface area contributed by atoms with Crippen molar-refractivity contribution in [2.75, 3.05) is 19.7 Å². The summed E-state index contributed by atoms with van der Waals surface area (Å²) in [6.45, 7) is 13.4. The molecule has 0 radical (unpaired) electrons. The lowest BCUT2D eigenvalue weighted by molar-refractivity contribution is -0.144. The SMILES string of the molecule is CCCCCCN(C(=O)C(Cc1ccc(O)cc1)NC(=O)OC(C)(C)C)C(C(=O)NCCC(=O)OCC)c1c(C)cccc1C. The number of phenols is 1. The van der Waals surface area contributed by atoms with Gasteiger partial charge in [0.2, 0.25) is 11.8 Å². The number of hydrogen-bond donors (Lipinski definition) is 3. The summed E-state index contributed by atoms with van der Waals surface area (Å²) < 4.78 is 10.5. The molecule has 0 saturated carbocycles. The summed E-state index contributed by atoms with van der Waals surface area (Å²) in [5.74, 6) is -1.22. The minimum absolute atomic E-state index is 0.00677. The predicted octanol–water partition coefficient (Wildman–Crippen LogP) is 5.66. The first kappa shape index (κ1) is 37.1. The Morgan fingerprint density at radius 2 is 1.58 bits per heavy atom. The summed E-state index contributed by atoms with van der Waals surface area (Å²) in [6, 6.07) is 10.00. The highest BCUT2D eigenvalue weighted by Crippen LogP contribution is 2.29. The van der Waals surface area contributed by atoms with Gasteiger partial charge in [0.1, 0.15) is 23.4 Å². The topological polar surface area (TPSA) is 134 Å². The van der Waals surface area contributed by atoms with Crippen LogP contribution in [0.2, 0.25) is 0 Å². The van der Waals surface area contributed by atoms with Crippen molar-refractivity contribution in [2.24, 2.45) is 0 Å². The van der Waals surface area contributed by atoms with Crippen LogP contribution in [0.4, 0.5) is 4.79 Å². The Kier molecular flexibility index (Phi) is 14.9. The molecule has 0 heterocycles. The van der Waals surface area contributed by atoms with Crippen LogP contribution in [0.3, 0.4) is 0 Å². The van der Waals surface area contributed by atoms with Crippen LogP contribution in [0.1, 0.15) is 95.0 Å². The molecule has 45 heavy (non-hydrogen) atoms. The van der Waals surface area contributed by atoms with Crippen LogP contribution < -0.4 is 10.6 Å². The second-order valence-electron chi connectivity index (χ2n) is 12.2. The van der Waals surface area contributed by atoms with E-state index in [-0.39, 0.29) is 38.3 Å². The van der Waals surface area contributed by atoms with Crippen LogP contribution in [-0.4, -0.2) is 65.2 Å². The van der Waals surface area contributed by atoms with Gasteiger partial charge in [-0.05, 0) is 82.3 Å². The van der Waals surface area contributed by atoms with E-state index in [0.717, 1.165) is 30.4 Å². The molecule has 2 aromatic rings. The maximum Gasteiger partial charge on any atom is 0.408 e. The van der Waals surface area contributed by atoms with Gasteiger partial charge in [-0.3, -0.25) is 14.4 Å². The molecule has 0 aliphatic heterocycles. The highest BCUT2D eigenvalue weighted by atomic mass is 16.6. The number of esters is 1. The zero-order chi connectivity index (χ0) is 33.6. The molecular formula is C35H51N3O7. The second kappa shape index (κ2) is 18.0. The third kappa shape index (κ3) is 12.4. The van der Waals surface area contributed by atoms with Crippen LogP contribution in [-0.2, 0) is 30.3 Å². The third-order valence-electron chi connectivity index (χ3n) is 7.21. The van der Waals surface area contributed by atoms with Crippen LogP contribution in [0.25, 0.3) is 0 Å². The molecule has 2 unspecified atom stereocenters. The zero-order valence-electron chi connectivity index (χ0n) is 27.9. The number of aromatic hydroxyl groups is 1. The minimum Gasteiger partial charge on any atom is -0.508 e. The van der Waals surface area contributed by atoms with Crippen LogP contribution in [0.5, 0.6) is 5.75 Å². The Balaban J connectivity index is 2.59. The molecule has 10 heteroatoms. The number of unbranched alkanes of at least 4 members (excludes halogenated alkanes) is 3. The maximum atomic E-state index is 14.6. The molecule has 0 fully saturated rings. The fourth-order valence-electron chi connectivity index (χ4n) is 5.10. The molecule has 0 saturated heterocycles. The van der Waals surface area contributed by atoms with Gasteiger partial charge in [-0.1, -0.05) is 56.5 Å². The van der Waals surface area contributed by atoms with E-state index in [1.807, 2.05) is 32.0 Å². The van der Waals surface area contributed by atoms with Gasteiger partial charge < -0.3 is 30.1 Å². The van der Waals surface area contributed by atoms with Crippen molar-refractivity contribution in [3.05, 3.63) is 64.7 Å². The van der Waals surface area contributed by atoms with Crippen LogP contribution in [0, 0.1) is 13.8 Å². The van der Waals surface area contributed by atoms with Gasteiger partial charge in [0, 0.05) is 19.5 Å². The number of benzene rings is 2. The standard InChI is InChI=1S/C35H51N3O7/c1-8-10-11-12-22-38(31(30-24(3)14-13-15-25(30)4)32(41)36-21-20-29(40)44-9-2)33(42)28(37-34(43)45-35(5,6)7)23-26-16-18-27(39)19-17-26/h13-19,28,31,39H,8-12,20-23H2,1-7H3,(H,36,41)(H,37,43). The Bertz CT molecular complexity index is 1250. The summed E-state index contributed by atoms with van der Waals surface area (Å²) in [4.78, 5) is 55.3. The van der Waals surface area contributed by atoms with Crippen molar-refractivity contribution in [1.82, 2.24) is 15.5 Å². The molecule has 2 aromatic carbocycles. The Hall–Kier alpha value is -4.08. The lowest BCUT2D eigenvalue weighted by Gasteiger charge is -2.36. The molecule has 0 spiro atoms. The van der Waals surface area contributed by atoms with Crippen molar-refractivity contribution >= 4 is 23.9 Å². The van der Waals surface area contributed by atoms with Gasteiger partial charge in [-0.15, -0.1) is 0 Å². The summed E-state index contributed by atoms with van der Waals surface area (Å²) in [6.07, 6.45) is 2.80. The maximum absolute atomic E-state index is 14.6. The fraction of sp³-hybridized carbons (Fsp3) is 0.543. The Morgan fingerprint density at radius 1 is 0.933 bits per heavy atom. The molecular weight excluding hydrogens is 574 g/mol. The summed E-state index contributed by atoms with van der Waals surface area (Å²) >= 11 is 0. The van der Waals surface area contributed by atoms with Crippen molar-refractivity contribution in [3.8, 4) is 5.75 Å². The number of alkyl carbamates (subject to hydrolysis) is 1. The highest BCUT2D eigenvalue weighted by molar-refractivity contribution is 5.93. The first-order valence-electron chi connectivity index (χ1n) is 15.8. The molecule has 248 valence electrons. The first-order chi connectivity index (χ1) is 21.3. The largest absolute Gasteiger partial charge is 0.508 e. The van der Waals surface area contributed by atoms with Crippen molar-refractivity contribution in [2.45, 2.75) is 105 Å². The number of amides is 3. The molecule has 0 aliphatic rings. The fourth-order valence-corrected chi connectivity index (χ4v) is 5.10. The number of nitrogens with zero attached hydrogens (tertiary/aromatic N) is 1. The van der Waals surface area contributed by atoms with E-state index in [4.69, 9.17) is 9.47 Å². The van der Waals surface area contributed by atoms with Crippen LogP contribution in [0.15, 0.2) is 42.5 Å². The number of phenolic OH excluding ortho intramolecular Hbond substituents is 1. The van der Waals surface area contributed by atoms with Gasteiger partial charge in [-0.25, -0.2) is 4.79 Å². The van der Waals surface area contributed by atoms with E-state index in [9.17, 15) is 24.3 Å². The van der Waals surface area contributed by atoms with Gasteiger partial charge in [-0.2, -0.15) is 0 Å². The normalized spacial score (nSPS) is 12.5. The molecule has 10 nitrogen and oxygen atoms in total. The van der Waals surface area contributed by atoms with Crippen molar-refractivity contribution in [3.63, 3.8) is 0 Å². The van der Waals surface area contributed by atoms with Crippen molar-refractivity contribution in [1.29, 1.82) is 0 Å². The quantitative estimate of drug-likeness (QED) is 0.162. The number of aryl methyl sites for hydroxylation is 2. The number of carbonyl (C=O) groups excluding carboxylic acids is 4. The van der Waals surface area contributed by atoms with Crippen molar-refractivity contribution < 1.29 is 33.8 Å². The van der Waals surface area contributed by atoms with Gasteiger partial charge in [0.05, 0.1) is 13.0 Å². The van der Waals surface area contributed by atoms with Gasteiger partial charge >= 0.3 is 12.1 Å². The van der Waals surface area contributed by atoms with Gasteiger partial charge in [0.15, 0.2) is 0 Å². The summed E-state index contributed by atoms with van der Waals surface area (Å²) in [7, 11) is 0. The molecule has 0 aliphatic carbocycles. The lowest BCUT2D eigenvalue weighted by Crippen LogP contribution is -2.54. The third-order valence-corrected chi connectivity index (χ3v) is 7.21. The summed E-state index contributed by atoms with van der Waals surface area (Å²) in [5.41, 5.74) is 2.27. The number of carbonyl (C=O) groups is 4. The van der Waals surface area contributed by atoms with E-state index < -0.39 is 41.6 Å². The average Bonchev–Trinajstić information content (AvgIpc) is 2.95. The first-order valence-corrected chi connectivity index (χ1v) is 15.8. The number of hydrogen-bond acceptors (Lipinski definition) is 7. The Labute approximate surface area is 267 Å². The lowest BCUT2D eigenvalue weighted by atomic mass is 9.93. The molecule has 3 amide bonds. The molecule has 3 N–H and O–H groups in total. The monoisotopic (exact) mass is 625 g/mol. The van der Waals surface area contributed by atoms with Crippen LogP contribution >= 0.6 is 0 Å². The number of ether oxygens (including phenoxy) is 2. The average molecular weight is 626 g/mol. The van der Waals surface area contributed by atoms with E-state index >= 15 is 0 Å². The predicted molar refractivity (Wildman–Crippen MR) is 174 cm³/mol. The summed E-state index contributed by atoms with van der Waals surface area (Å²) in [5, 5.41) is 15.4. The smallest absolute Gasteiger partial charge is 0.408 e. The van der Waals surface area contributed by atoms with E-state index in [1.165, 1.54) is 12.1 Å². The highest BCUT2D eigenvalue weighted by Gasteiger charge is 2.37.